The molecule has 1 aromatic rings. The lowest BCUT2D eigenvalue weighted by Gasteiger charge is -2.21. The molecule has 0 unspecified atom stereocenters. The number of hydrogen-bond donors (Lipinski definition) is 0. The summed E-state index contributed by atoms with van der Waals surface area (Å²) < 4.78 is 0. The van der Waals surface area contributed by atoms with E-state index >= 15 is 0 Å². The molecular weight excluding hydrogens is 246 g/mol. The number of ketones is 1. The smallest absolute Gasteiger partial charge is 0.164 e. The van der Waals surface area contributed by atoms with E-state index in [0.717, 1.165) is 12.3 Å². The van der Waals surface area contributed by atoms with E-state index in [9.17, 15) is 4.79 Å². The topological polar surface area (TPSA) is 30.0 Å². The van der Waals surface area contributed by atoms with Crippen LogP contribution in [0.15, 0.2) is 18.5 Å². The number of rotatable bonds is 5. The highest BCUT2D eigenvalue weighted by atomic mass is 35.5. The monoisotopic (exact) mass is 265 g/mol. The van der Waals surface area contributed by atoms with Gasteiger partial charge in [-0.3, -0.25) is 9.78 Å². The van der Waals surface area contributed by atoms with Crippen LogP contribution in [0, 0.1) is 5.92 Å². The van der Waals surface area contributed by atoms with Crippen molar-refractivity contribution in [3.63, 3.8) is 0 Å². The molecule has 1 heterocycles. The average Bonchev–Trinajstić information content (AvgIpc) is 2.40. The van der Waals surface area contributed by atoms with E-state index in [2.05, 4.69) is 4.98 Å². The van der Waals surface area contributed by atoms with Gasteiger partial charge in [0.1, 0.15) is 0 Å². The molecular formula is C15H20ClNO. The van der Waals surface area contributed by atoms with Crippen molar-refractivity contribution in [2.75, 3.05) is 0 Å². The van der Waals surface area contributed by atoms with Gasteiger partial charge in [0, 0.05) is 24.4 Å². The number of halogens is 1. The second kappa shape index (κ2) is 6.89. The first-order chi connectivity index (χ1) is 8.77. The van der Waals surface area contributed by atoms with Crippen LogP contribution in [0.25, 0.3) is 0 Å². The Kier molecular flexibility index (Phi) is 5.18. The molecule has 98 valence electrons. The quantitative estimate of drug-likeness (QED) is 0.724. The Hall–Kier alpha value is -0.890. The van der Waals surface area contributed by atoms with E-state index in [4.69, 9.17) is 11.6 Å². The van der Waals surface area contributed by atoms with E-state index in [1.165, 1.54) is 44.7 Å². The molecule has 18 heavy (non-hydrogen) atoms. The molecule has 1 aromatic heterocycles. The third kappa shape index (κ3) is 3.81. The van der Waals surface area contributed by atoms with Crippen molar-refractivity contribution in [3.05, 3.63) is 29.0 Å². The zero-order chi connectivity index (χ0) is 12.8. The van der Waals surface area contributed by atoms with Crippen molar-refractivity contribution in [1.82, 2.24) is 4.98 Å². The van der Waals surface area contributed by atoms with E-state index in [1.807, 2.05) is 0 Å². The van der Waals surface area contributed by atoms with Crippen molar-refractivity contribution in [2.45, 2.75) is 51.4 Å². The zero-order valence-electron chi connectivity index (χ0n) is 10.7. The van der Waals surface area contributed by atoms with Crippen LogP contribution < -0.4 is 0 Å². The van der Waals surface area contributed by atoms with Gasteiger partial charge in [0.05, 0.1) is 5.02 Å². The molecule has 1 aliphatic rings. The van der Waals surface area contributed by atoms with Gasteiger partial charge in [0.15, 0.2) is 5.78 Å². The summed E-state index contributed by atoms with van der Waals surface area (Å²) in [5.74, 6) is 0.998. The summed E-state index contributed by atoms with van der Waals surface area (Å²) in [4.78, 5) is 15.9. The molecule has 0 spiro atoms. The third-order valence-electron chi connectivity index (χ3n) is 3.81. The number of carbonyl (C=O) groups is 1. The molecule has 1 saturated carbocycles. The van der Waals surface area contributed by atoms with Gasteiger partial charge in [-0.15, -0.1) is 0 Å². The van der Waals surface area contributed by atoms with Gasteiger partial charge in [-0.25, -0.2) is 0 Å². The molecule has 1 fully saturated rings. The zero-order valence-corrected chi connectivity index (χ0v) is 11.5. The Labute approximate surface area is 114 Å². The molecule has 0 bridgehead atoms. The van der Waals surface area contributed by atoms with Gasteiger partial charge in [0.25, 0.3) is 0 Å². The maximum atomic E-state index is 12.0. The first-order valence-corrected chi connectivity index (χ1v) is 7.28. The minimum Gasteiger partial charge on any atom is -0.294 e. The molecule has 1 aliphatic carbocycles. The minimum absolute atomic E-state index is 0.151. The second-order valence-electron chi connectivity index (χ2n) is 5.17. The van der Waals surface area contributed by atoms with Crippen molar-refractivity contribution in [3.8, 4) is 0 Å². The second-order valence-corrected chi connectivity index (χ2v) is 5.58. The fourth-order valence-corrected chi connectivity index (χ4v) is 2.99. The van der Waals surface area contributed by atoms with Crippen LogP contribution in [-0.4, -0.2) is 10.8 Å². The lowest BCUT2D eigenvalue weighted by molar-refractivity contribution is 0.0976. The first kappa shape index (κ1) is 13.5. The van der Waals surface area contributed by atoms with Gasteiger partial charge in [-0.1, -0.05) is 50.1 Å². The van der Waals surface area contributed by atoms with Gasteiger partial charge < -0.3 is 0 Å². The largest absolute Gasteiger partial charge is 0.294 e. The van der Waals surface area contributed by atoms with Crippen LogP contribution in [0.2, 0.25) is 5.02 Å². The molecule has 0 atom stereocenters. The van der Waals surface area contributed by atoms with Crippen molar-refractivity contribution in [1.29, 1.82) is 0 Å². The summed E-state index contributed by atoms with van der Waals surface area (Å²) in [7, 11) is 0. The molecule has 2 rings (SSSR count). The van der Waals surface area contributed by atoms with Gasteiger partial charge in [-0.05, 0) is 18.4 Å². The summed E-state index contributed by atoms with van der Waals surface area (Å²) in [6.45, 7) is 0. The Bertz CT molecular complexity index is 399. The maximum absolute atomic E-state index is 12.0. The highest BCUT2D eigenvalue weighted by molar-refractivity contribution is 6.33. The summed E-state index contributed by atoms with van der Waals surface area (Å²) in [5, 5.41) is 0.472. The molecule has 3 heteroatoms. The van der Waals surface area contributed by atoms with Crippen molar-refractivity contribution in [2.24, 2.45) is 5.92 Å². The van der Waals surface area contributed by atoms with Crippen LogP contribution in [-0.2, 0) is 0 Å². The molecule has 0 N–H and O–H groups in total. The Morgan fingerprint density at radius 3 is 2.83 bits per heavy atom. The summed E-state index contributed by atoms with van der Waals surface area (Å²) >= 11 is 5.96. The molecule has 0 amide bonds. The molecule has 0 aliphatic heterocycles. The van der Waals surface area contributed by atoms with Gasteiger partial charge in [0.2, 0.25) is 0 Å². The number of aromatic nitrogens is 1. The van der Waals surface area contributed by atoms with E-state index in [-0.39, 0.29) is 5.78 Å². The standard InChI is InChI=1S/C15H20ClNO/c16-14-11-17-10-9-13(14)15(18)8-4-7-12-5-2-1-3-6-12/h9-12H,1-8H2. The predicted octanol–water partition coefficient (Wildman–Crippen LogP) is 4.67. The fraction of sp³-hybridized carbons (Fsp3) is 0.600. The van der Waals surface area contributed by atoms with E-state index in [0.29, 0.717) is 17.0 Å². The number of Topliss-reactive ketones (excluding diaryl/α,β-unsaturated/α-hetero) is 1. The predicted molar refractivity (Wildman–Crippen MR) is 74.0 cm³/mol. The maximum Gasteiger partial charge on any atom is 0.164 e. The Balaban J connectivity index is 1.76. The third-order valence-corrected chi connectivity index (χ3v) is 4.12. The van der Waals surface area contributed by atoms with Crippen molar-refractivity contribution < 1.29 is 4.79 Å². The first-order valence-electron chi connectivity index (χ1n) is 6.90. The van der Waals surface area contributed by atoms with Crippen LogP contribution in [0.4, 0.5) is 0 Å². The Morgan fingerprint density at radius 2 is 2.11 bits per heavy atom. The summed E-state index contributed by atoms with van der Waals surface area (Å²) in [5.41, 5.74) is 0.621. The Morgan fingerprint density at radius 1 is 1.33 bits per heavy atom. The minimum atomic E-state index is 0.151. The summed E-state index contributed by atoms with van der Waals surface area (Å²) in [6.07, 6.45) is 12.8. The van der Waals surface area contributed by atoms with Crippen LogP contribution in [0.5, 0.6) is 0 Å². The van der Waals surface area contributed by atoms with Crippen LogP contribution in [0.1, 0.15) is 61.7 Å². The molecule has 0 aromatic carbocycles. The van der Waals surface area contributed by atoms with E-state index in [1.54, 1.807) is 12.3 Å². The van der Waals surface area contributed by atoms with Crippen LogP contribution >= 0.6 is 11.6 Å². The van der Waals surface area contributed by atoms with Crippen molar-refractivity contribution >= 4 is 17.4 Å². The lowest BCUT2D eigenvalue weighted by Crippen LogP contribution is -2.07. The van der Waals surface area contributed by atoms with Crippen LogP contribution in [0.3, 0.4) is 0 Å². The number of carbonyl (C=O) groups excluding carboxylic acids is 1. The molecule has 0 radical (unpaired) electrons. The number of pyridine rings is 1. The molecule has 2 nitrogen and oxygen atoms in total. The lowest BCUT2D eigenvalue weighted by atomic mass is 9.85. The molecule has 0 saturated heterocycles. The number of nitrogens with zero attached hydrogens (tertiary/aromatic N) is 1. The fourth-order valence-electron chi connectivity index (χ4n) is 2.76. The van der Waals surface area contributed by atoms with E-state index < -0.39 is 0 Å². The van der Waals surface area contributed by atoms with Gasteiger partial charge >= 0.3 is 0 Å². The normalized spacial score (nSPS) is 16.7. The highest BCUT2D eigenvalue weighted by Gasteiger charge is 2.15. The SMILES string of the molecule is O=C(CCCC1CCCCC1)c1ccncc1Cl. The number of hydrogen-bond acceptors (Lipinski definition) is 2. The average molecular weight is 266 g/mol. The van der Waals surface area contributed by atoms with Gasteiger partial charge in [-0.2, -0.15) is 0 Å². The summed E-state index contributed by atoms with van der Waals surface area (Å²) in [6, 6.07) is 1.71. The highest BCUT2D eigenvalue weighted by Crippen LogP contribution is 2.28.